The molecule has 0 aromatic heterocycles. The second-order valence-corrected chi connectivity index (χ2v) is 6.13. The lowest BCUT2D eigenvalue weighted by Crippen LogP contribution is -2.50. The summed E-state index contributed by atoms with van der Waals surface area (Å²) in [7, 11) is 0. The van der Waals surface area contributed by atoms with Gasteiger partial charge in [-0.3, -0.25) is 4.79 Å². The molecule has 2 saturated heterocycles. The van der Waals surface area contributed by atoms with Gasteiger partial charge in [0, 0.05) is 26.2 Å². The molecule has 2 heterocycles. The van der Waals surface area contributed by atoms with E-state index in [4.69, 9.17) is 5.11 Å². The van der Waals surface area contributed by atoms with Gasteiger partial charge in [0.1, 0.15) is 0 Å². The minimum atomic E-state index is -0.774. The van der Waals surface area contributed by atoms with Gasteiger partial charge in [-0.25, -0.2) is 4.79 Å². The molecule has 1 unspecified atom stereocenters. The van der Waals surface area contributed by atoms with E-state index in [1.54, 1.807) is 4.90 Å². The lowest BCUT2D eigenvalue weighted by atomic mass is 9.92. The number of hydrogen-bond acceptors (Lipinski definition) is 2. The first-order chi connectivity index (χ1) is 9.61. The number of hydrogen-bond donors (Lipinski definition) is 1. The van der Waals surface area contributed by atoms with Gasteiger partial charge in [-0.15, -0.1) is 0 Å². The lowest BCUT2D eigenvalue weighted by Gasteiger charge is -2.38. The molecular weight excluding hydrogens is 256 g/mol. The summed E-state index contributed by atoms with van der Waals surface area (Å²) < 4.78 is 0. The van der Waals surface area contributed by atoms with Crippen molar-refractivity contribution in [1.82, 2.24) is 9.80 Å². The summed E-state index contributed by atoms with van der Waals surface area (Å²) in [6, 6.07) is 0.0471. The van der Waals surface area contributed by atoms with Crippen molar-refractivity contribution in [2.75, 3.05) is 26.2 Å². The quantitative estimate of drug-likeness (QED) is 0.864. The molecule has 0 radical (unpaired) electrons. The van der Waals surface area contributed by atoms with Gasteiger partial charge >= 0.3 is 12.0 Å². The summed E-state index contributed by atoms with van der Waals surface area (Å²) in [5.41, 5.74) is 0. The van der Waals surface area contributed by atoms with E-state index in [2.05, 4.69) is 6.92 Å². The highest BCUT2D eigenvalue weighted by molar-refractivity contribution is 5.76. The standard InChI is InChI=1S/C15H26N2O3/c1-2-4-12-6-9-16(10-7-12)15(20)17-8-3-5-13(11-17)14(18)19/h12-13H,2-11H2,1H3,(H,18,19). The Hall–Kier alpha value is -1.26. The van der Waals surface area contributed by atoms with Crippen LogP contribution in [-0.2, 0) is 4.79 Å². The van der Waals surface area contributed by atoms with Crippen LogP contribution in [0.2, 0.25) is 0 Å². The molecule has 2 aliphatic heterocycles. The van der Waals surface area contributed by atoms with Crippen LogP contribution in [0.25, 0.3) is 0 Å². The molecule has 0 aromatic carbocycles. The largest absolute Gasteiger partial charge is 0.481 e. The maximum atomic E-state index is 12.4. The number of carbonyl (C=O) groups excluding carboxylic acids is 1. The van der Waals surface area contributed by atoms with Crippen LogP contribution in [0.15, 0.2) is 0 Å². The Morgan fingerprint density at radius 1 is 1.10 bits per heavy atom. The molecule has 20 heavy (non-hydrogen) atoms. The molecule has 5 nitrogen and oxygen atoms in total. The zero-order valence-corrected chi connectivity index (χ0v) is 12.4. The maximum absolute atomic E-state index is 12.4. The first-order valence-electron chi connectivity index (χ1n) is 7.88. The molecule has 1 N–H and O–H groups in total. The predicted molar refractivity (Wildman–Crippen MR) is 76.5 cm³/mol. The Morgan fingerprint density at radius 3 is 2.40 bits per heavy atom. The maximum Gasteiger partial charge on any atom is 0.320 e. The molecule has 0 saturated carbocycles. The SMILES string of the molecule is CCCC1CCN(C(=O)N2CCCC(C(=O)O)C2)CC1. The lowest BCUT2D eigenvalue weighted by molar-refractivity contribution is -0.143. The fourth-order valence-electron chi connectivity index (χ4n) is 3.37. The van der Waals surface area contributed by atoms with Crippen molar-refractivity contribution in [2.45, 2.75) is 45.4 Å². The second kappa shape index (κ2) is 6.95. The fourth-order valence-corrected chi connectivity index (χ4v) is 3.37. The number of amides is 2. The summed E-state index contributed by atoms with van der Waals surface area (Å²) in [5, 5.41) is 9.09. The molecule has 2 fully saturated rings. The first-order valence-corrected chi connectivity index (χ1v) is 7.88. The molecule has 0 bridgehead atoms. The number of urea groups is 1. The van der Waals surface area contributed by atoms with E-state index in [0.29, 0.717) is 19.5 Å². The highest BCUT2D eigenvalue weighted by Gasteiger charge is 2.31. The van der Waals surface area contributed by atoms with Crippen LogP contribution >= 0.6 is 0 Å². The van der Waals surface area contributed by atoms with Crippen molar-refractivity contribution in [3.8, 4) is 0 Å². The molecule has 0 aliphatic carbocycles. The van der Waals surface area contributed by atoms with E-state index in [9.17, 15) is 9.59 Å². The number of nitrogens with zero attached hydrogens (tertiary/aromatic N) is 2. The van der Waals surface area contributed by atoms with Crippen LogP contribution in [0.4, 0.5) is 4.79 Å². The minimum Gasteiger partial charge on any atom is -0.481 e. The molecule has 5 heteroatoms. The fraction of sp³-hybridized carbons (Fsp3) is 0.867. The number of aliphatic carboxylic acids is 1. The van der Waals surface area contributed by atoms with Gasteiger partial charge < -0.3 is 14.9 Å². The number of carboxylic acid groups (broad SMARTS) is 1. The third-order valence-corrected chi connectivity index (χ3v) is 4.62. The number of piperidine rings is 2. The van der Waals surface area contributed by atoms with Crippen LogP contribution in [-0.4, -0.2) is 53.1 Å². The second-order valence-electron chi connectivity index (χ2n) is 6.13. The predicted octanol–water partition coefficient (Wildman–Crippen LogP) is 2.42. The summed E-state index contributed by atoms with van der Waals surface area (Å²) in [6.07, 6.45) is 6.15. The van der Waals surface area contributed by atoms with Crippen molar-refractivity contribution >= 4 is 12.0 Å². The number of likely N-dealkylation sites (tertiary alicyclic amines) is 2. The molecule has 2 amide bonds. The third kappa shape index (κ3) is 3.64. The zero-order chi connectivity index (χ0) is 14.5. The van der Waals surface area contributed by atoms with Crippen molar-refractivity contribution in [1.29, 1.82) is 0 Å². The van der Waals surface area contributed by atoms with Crippen LogP contribution in [0.1, 0.15) is 45.4 Å². The highest BCUT2D eigenvalue weighted by atomic mass is 16.4. The smallest absolute Gasteiger partial charge is 0.320 e. The number of rotatable bonds is 3. The number of carboxylic acids is 1. The van der Waals surface area contributed by atoms with Crippen molar-refractivity contribution in [2.24, 2.45) is 11.8 Å². The minimum absolute atomic E-state index is 0.0471. The highest BCUT2D eigenvalue weighted by Crippen LogP contribution is 2.24. The number of carbonyl (C=O) groups is 2. The summed E-state index contributed by atoms with van der Waals surface area (Å²) >= 11 is 0. The Bertz CT molecular complexity index is 351. The van der Waals surface area contributed by atoms with Crippen LogP contribution < -0.4 is 0 Å². The van der Waals surface area contributed by atoms with E-state index in [0.717, 1.165) is 38.3 Å². The Kier molecular flexibility index (Phi) is 5.26. The van der Waals surface area contributed by atoms with E-state index < -0.39 is 5.97 Å². The average molecular weight is 282 g/mol. The molecule has 114 valence electrons. The van der Waals surface area contributed by atoms with Crippen LogP contribution in [0, 0.1) is 11.8 Å². The monoisotopic (exact) mass is 282 g/mol. The summed E-state index contributed by atoms with van der Waals surface area (Å²) in [4.78, 5) is 27.2. The van der Waals surface area contributed by atoms with E-state index in [1.165, 1.54) is 12.8 Å². The van der Waals surface area contributed by atoms with Gasteiger partial charge in [0.15, 0.2) is 0 Å². The summed E-state index contributed by atoms with van der Waals surface area (Å²) in [5.74, 6) is -0.397. The Morgan fingerprint density at radius 2 is 1.80 bits per heavy atom. The van der Waals surface area contributed by atoms with E-state index >= 15 is 0 Å². The van der Waals surface area contributed by atoms with Gasteiger partial charge in [-0.2, -0.15) is 0 Å². The van der Waals surface area contributed by atoms with Crippen molar-refractivity contribution in [3.05, 3.63) is 0 Å². The van der Waals surface area contributed by atoms with E-state index in [-0.39, 0.29) is 11.9 Å². The van der Waals surface area contributed by atoms with Gasteiger partial charge in [-0.05, 0) is 31.6 Å². The molecule has 0 spiro atoms. The van der Waals surface area contributed by atoms with Gasteiger partial charge in [-0.1, -0.05) is 19.8 Å². The molecule has 2 aliphatic rings. The summed E-state index contributed by atoms with van der Waals surface area (Å²) in [6.45, 7) is 4.95. The van der Waals surface area contributed by atoms with Crippen molar-refractivity contribution < 1.29 is 14.7 Å². The van der Waals surface area contributed by atoms with Gasteiger partial charge in [0.25, 0.3) is 0 Å². The van der Waals surface area contributed by atoms with Crippen LogP contribution in [0.3, 0.4) is 0 Å². The normalized spacial score (nSPS) is 24.8. The van der Waals surface area contributed by atoms with Crippen LogP contribution in [0.5, 0.6) is 0 Å². The van der Waals surface area contributed by atoms with Gasteiger partial charge in [0.2, 0.25) is 0 Å². The molecule has 1 atom stereocenters. The third-order valence-electron chi connectivity index (χ3n) is 4.62. The topological polar surface area (TPSA) is 60.9 Å². The molecular formula is C15H26N2O3. The van der Waals surface area contributed by atoms with Gasteiger partial charge in [0.05, 0.1) is 5.92 Å². The van der Waals surface area contributed by atoms with Crippen molar-refractivity contribution in [3.63, 3.8) is 0 Å². The zero-order valence-electron chi connectivity index (χ0n) is 12.4. The van der Waals surface area contributed by atoms with E-state index in [1.807, 2.05) is 4.90 Å². The Labute approximate surface area is 120 Å². The molecule has 2 rings (SSSR count). The molecule has 0 aromatic rings. The first kappa shape index (κ1) is 15.1. The Balaban J connectivity index is 1.84. The average Bonchev–Trinajstić information content (AvgIpc) is 2.48.